The maximum atomic E-state index is 5.79. The second-order valence-corrected chi connectivity index (χ2v) is 5.12. The van der Waals surface area contributed by atoms with E-state index >= 15 is 0 Å². The molecule has 0 saturated heterocycles. The number of hydrogen-bond donors (Lipinski definition) is 2. The van der Waals surface area contributed by atoms with Crippen LogP contribution >= 0.6 is 0 Å². The van der Waals surface area contributed by atoms with Crippen molar-refractivity contribution in [3.63, 3.8) is 0 Å². The summed E-state index contributed by atoms with van der Waals surface area (Å²) < 4.78 is 0. The van der Waals surface area contributed by atoms with Crippen molar-refractivity contribution in [2.45, 2.75) is 33.7 Å². The number of aryl methyl sites for hydroxylation is 4. The molecule has 0 amide bonds. The number of pyridine rings is 1. The molecule has 3 N–H and O–H groups in total. The lowest BCUT2D eigenvalue weighted by atomic mass is 9.91. The van der Waals surface area contributed by atoms with Crippen LogP contribution in [0.5, 0.6) is 0 Å². The summed E-state index contributed by atoms with van der Waals surface area (Å²) in [6.45, 7) is 8.45. The van der Waals surface area contributed by atoms with E-state index in [0.29, 0.717) is 0 Å². The van der Waals surface area contributed by atoms with Gasteiger partial charge in [0.25, 0.3) is 0 Å². The molecule has 19 heavy (non-hydrogen) atoms. The summed E-state index contributed by atoms with van der Waals surface area (Å²) in [6, 6.07) is 6.46. The van der Waals surface area contributed by atoms with Gasteiger partial charge in [-0.1, -0.05) is 12.1 Å². The molecule has 0 radical (unpaired) electrons. The molecule has 1 heterocycles. The Kier molecular flexibility index (Phi) is 3.98. The van der Waals surface area contributed by atoms with Gasteiger partial charge in [0.05, 0.1) is 6.04 Å². The molecule has 1 aromatic heterocycles. The van der Waals surface area contributed by atoms with Crippen LogP contribution in [0.15, 0.2) is 30.6 Å². The first kappa shape index (κ1) is 13.7. The van der Waals surface area contributed by atoms with Crippen LogP contribution in [0, 0.1) is 27.7 Å². The van der Waals surface area contributed by atoms with E-state index in [1.54, 1.807) is 0 Å². The van der Waals surface area contributed by atoms with Crippen LogP contribution in [-0.4, -0.2) is 4.98 Å². The topological polar surface area (TPSA) is 50.9 Å². The molecule has 2 aromatic rings. The maximum Gasteiger partial charge on any atom is 0.0716 e. The number of rotatable bonds is 3. The van der Waals surface area contributed by atoms with E-state index in [2.05, 4.69) is 50.2 Å². The van der Waals surface area contributed by atoms with Crippen LogP contribution in [0.2, 0.25) is 0 Å². The van der Waals surface area contributed by atoms with Gasteiger partial charge in [-0.05, 0) is 67.1 Å². The van der Waals surface area contributed by atoms with Crippen molar-refractivity contribution in [1.29, 1.82) is 0 Å². The van der Waals surface area contributed by atoms with E-state index in [9.17, 15) is 0 Å². The normalized spacial score (nSPS) is 12.5. The molecule has 1 atom stereocenters. The van der Waals surface area contributed by atoms with Crippen LogP contribution in [0.4, 0.5) is 0 Å². The maximum absolute atomic E-state index is 5.79. The molecule has 3 nitrogen and oxygen atoms in total. The molecule has 0 fully saturated rings. The Bertz CT molecular complexity index is 591. The highest BCUT2D eigenvalue weighted by molar-refractivity contribution is 5.43. The number of hydrogen-bond acceptors (Lipinski definition) is 3. The first-order chi connectivity index (χ1) is 9.04. The first-order valence-electron chi connectivity index (χ1n) is 6.49. The quantitative estimate of drug-likeness (QED) is 0.655. The van der Waals surface area contributed by atoms with Crippen LogP contribution in [0.25, 0.3) is 0 Å². The van der Waals surface area contributed by atoms with Gasteiger partial charge in [-0.15, -0.1) is 0 Å². The Balaban J connectivity index is 2.55. The van der Waals surface area contributed by atoms with E-state index < -0.39 is 0 Å². The SMILES string of the molecule is Cc1cc(C)c(C(NN)c2ccncc2C)cc1C. The molecule has 1 aromatic carbocycles. The summed E-state index contributed by atoms with van der Waals surface area (Å²) >= 11 is 0. The molecule has 1 unspecified atom stereocenters. The molecule has 0 aliphatic rings. The number of nitrogens with zero attached hydrogens (tertiary/aromatic N) is 1. The van der Waals surface area contributed by atoms with Crippen molar-refractivity contribution in [2.24, 2.45) is 5.84 Å². The van der Waals surface area contributed by atoms with Gasteiger partial charge in [0.1, 0.15) is 0 Å². The zero-order chi connectivity index (χ0) is 14.0. The highest BCUT2D eigenvalue weighted by atomic mass is 15.2. The minimum atomic E-state index is 0.00213. The minimum Gasteiger partial charge on any atom is -0.271 e. The van der Waals surface area contributed by atoms with E-state index in [1.807, 2.05) is 18.5 Å². The van der Waals surface area contributed by atoms with E-state index in [1.165, 1.54) is 27.8 Å². The Morgan fingerprint density at radius 2 is 1.63 bits per heavy atom. The Morgan fingerprint density at radius 3 is 2.26 bits per heavy atom. The van der Waals surface area contributed by atoms with Crippen molar-refractivity contribution >= 4 is 0 Å². The van der Waals surface area contributed by atoms with Crippen LogP contribution < -0.4 is 11.3 Å². The largest absolute Gasteiger partial charge is 0.271 e. The fraction of sp³-hybridized carbons (Fsp3) is 0.312. The Hall–Kier alpha value is -1.71. The highest BCUT2D eigenvalue weighted by Crippen LogP contribution is 2.28. The third-order valence-electron chi connectivity index (χ3n) is 3.73. The average Bonchev–Trinajstić information content (AvgIpc) is 2.38. The van der Waals surface area contributed by atoms with Gasteiger partial charge in [-0.3, -0.25) is 10.8 Å². The molecule has 0 aliphatic carbocycles. The second-order valence-electron chi connectivity index (χ2n) is 5.12. The van der Waals surface area contributed by atoms with Crippen LogP contribution in [0.1, 0.15) is 39.4 Å². The molecule has 2 rings (SSSR count). The van der Waals surface area contributed by atoms with Crippen molar-refractivity contribution in [2.75, 3.05) is 0 Å². The van der Waals surface area contributed by atoms with Gasteiger partial charge in [0.15, 0.2) is 0 Å². The van der Waals surface area contributed by atoms with Gasteiger partial charge in [-0.2, -0.15) is 0 Å². The Labute approximate surface area is 114 Å². The number of hydrazine groups is 1. The summed E-state index contributed by atoms with van der Waals surface area (Å²) in [6.07, 6.45) is 3.68. The molecular weight excluding hydrogens is 234 g/mol. The van der Waals surface area contributed by atoms with Gasteiger partial charge >= 0.3 is 0 Å². The summed E-state index contributed by atoms with van der Waals surface area (Å²) in [7, 11) is 0. The minimum absolute atomic E-state index is 0.00213. The summed E-state index contributed by atoms with van der Waals surface area (Å²) in [4.78, 5) is 4.14. The molecule has 0 bridgehead atoms. The molecule has 0 saturated carbocycles. The van der Waals surface area contributed by atoms with Crippen LogP contribution in [0.3, 0.4) is 0 Å². The first-order valence-corrected chi connectivity index (χ1v) is 6.49. The lowest BCUT2D eigenvalue weighted by Gasteiger charge is -2.22. The van der Waals surface area contributed by atoms with Gasteiger partial charge in [0, 0.05) is 12.4 Å². The predicted molar refractivity (Wildman–Crippen MR) is 78.8 cm³/mol. The molecular formula is C16H21N3. The Morgan fingerprint density at radius 1 is 0.947 bits per heavy atom. The monoisotopic (exact) mass is 255 g/mol. The molecule has 0 aliphatic heterocycles. The van der Waals surface area contributed by atoms with E-state index in [4.69, 9.17) is 5.84 Å². The fourth-order valence-electron chi connectivity index (χ4n) is 2.45. The summed E-state index contributed by atoms with van der Waals surface area (Å²) in [5.41, 5.74) is 10.3. The van der Waals surface area contributed by atoms with Crippen molar-refractivity contribution < 1.29 is 0 Å². The highest BCUT2D eigenvalue weighted by Gasteiger charge is 2.17. The summed E-state index contributed by atoms with van der Waals surface area (Å²) in [5, 5.41) is 0. The van der Waals surface area contributed by atoms with Gasteiger partial charge < -0.3 is 0 Å². The van der Waals surface area contributed by atoms with Crippen molar-refractivity contribution in [3.8, 4) is 0 Å². The number of nitrogens with two attached hydrogens (primary N) is 1. The average molecular weight is 255 g/mol. The number of nitrogens with one attached hydrogen (secondary N) is 1. The summed E-state index contributed by atoms with van der Waals surface area (Å²) in [5.74, 6) is 5.79. The van der Waals surface area contributed by atoms with Crippen molar-refractivity contribution in [1.82, 2.24) is 10.4 Å². The fourth-order valence-corrected chi connectivity index (χ4v) is 2.45. The molecule has 100 valence electrons. The third kappa shape index (κ3) is 2.67. The van der Waals surface area contributed by atoms with Crippen molar-refractivity contribution in [3.05, 3.63) is 64.0 Å². The smallest absolute Gasteiger partial charge is 0.0716 e. The second kappa shape index (κ2) is 5.51. The van der Waals surface area contributed by atoms with Gasteiger partial charge in [0.2, 0.25) is 0 Å². The zero-order valence-corrected chi connectivity index (χ0v) is 12.0. The van der Waals surface area contributed by atoms with E-state index in [0.717, 1.165) is 5.56 Å². The lowest BCUT2D eigenvalue weighted by Crippen LogP contribution is -2.30. The molecule has 3 heteroatoms. The molecule has 0 spiro atoms. The lowest BCUT2D eigenvalue weighted by molar-refractivity contribution is 0.629. The number of aromatic nitrogens is 1. The zero-order valence-electron chi connectivity index (χ0n) is 12.0. The van der Waals surface area contributed by atoms with Gasteiger partial charge in [-0.25, -0.2) is 5.43 Å². The number of benzene rings is 1. The predicted octanol–water partition coefficient (Wildman–Crippen LogP) is 2.87. The standard InChI is InChI=1S/C16H21N3/c1-10-7-12(3)15(8-11(10)2)16(19-17)14-5-6-18-9-13(14)4/h5-9,16,19H,17H2,1-4H3. The van der Waals surface area contributed by atoms with E-state index in [-0.39, 0.29) is 6.04 Å². The van der Waals surface area contributed by atoms with Crippen LogP contribution in [-0.2, 0) is 0 Å². The third-order valence-corrected chi connectivity index (χ3v) is 3.73.